The topological polar surface area (TPSA) is 75.8 Å². The van der Waals surface area contributed by atoms with Gasteiger partial charge in [-0.15, -0.1) is 24.0 Å². The Balaban J connectivity index is 0.00000264. The van der Waals surface area contributed by atoms with Gasteiger partial charge in [-0.25, -0.2) is 0 Å². The van der Waals surface area contributed by atoms with Crippen LogP contribution in [0.3, 0.4) is 0 Å². The van der Waals surface area contributed by atoms with Gasteiger partial charge in [-0.2, -0.15) is 4.98 Å². The monoisotopic (exact) mass is 437 g/mol. The van der Waals surface area contributed by atoms with Crippen molar-refractivity contribution >= 4 is 29.9 Å². The van der Waals surface area contributed by atoms with E-state index in [2.05, 4.69) is 46.2 Å². The van der Waals surface area contributed by atoms with Gasteiger partial charge in [-0.1, -0.05) is 19.0 Å². The standard InChI is InChI=1S/C15H27N5O2.HI/c1-11(2)14-18-13(22-19-14)5-7-17-15(16-3)20(4)9-12-6-8-21-10-12;/h11-12H,5-10H2,1-4H3,(H,16,17);1H. The van der Waals surface area contributed by atoms with Crippen LogP contribution in [0, 0.1) is 5.92 Å². The number of guanidine groups is 1. The van der Waals surface area contributed by atoms with E-state index < -0.39 is 0 Å². The molecular formula is C15H28IN5O2. The molecule has 0 saturated carbocycles. The minimum absolute atomic E-state index is 0. The zero-order valence-electron chi connectivity index (χ0n) is 14.4. The van der Waals surface area contributed by atoms with Crippen molar-refractivity contribution in [2.75, 3.05) is 40.4 Å². The van der Waals surface area contributed by atoms with Crippen LogP contribution in [0.1, 0.15) is 37.9 Å². The Morgan fingerprint density at radius 1 is 1.48 bits per heavy atom. The van der Waals surface area contributed by atoms with E-state index in [0.717, 1.165) is 44.5 Å². The third-order valence-electron chi connectivity index (χ3n) is 3.75. The Morgan fingerprint density at radius 3 is 2.83 bits per heavy atom. The lowest BCUT2D eigenvalue weighted by Gasteiger charge is -2.24. The van der Waals surface area contributed by atoms with Crippen LogP contribution in [0.4, 0.5) is 0 Å². The average molecular weight is 437 g/mol. The maximum Gasteiger partial charge on any atom is 0.228 e. The summed E-state index contributed by atoms with van der Waals surface area (Å²) in [7, 11) is 3.85. The number of ether oxygens (including phenoxy) is 1. The molecule has 1 aromatic heterocycles. The number of nitrogens with zero attached hydrogens (tertiary/aromatic N) is 4. The maximum atomic E-state index is 5.42. The highest BCUT2D eigenvalue weighted by molar-refractivity contribution is 14.0. The molecule has 23 heavy (non-hydrogen) atoms. The van der Waals surface area contributed by atoms with E-state index in [1.54, 1.807) is 7.05 Å². The summed E-state index contributed by atoms with van der Waals surface area (Å²) >= 11 is 0. The second-order valence-corrected chi connectivity index (χ2v) is 6.04. The van der Waals surface area contributed by atoms with Crippen LogP contribution in [-0.2, 0) is 11.2 Å². The molecule has 1 unspecified atom stereocenters. The van der Waals surface area contributed by atoms with Gasteiger partial charge >= 0.3 is 0 Å². The Morgan fingerprint density at radius 2 is 2.26 bits per heavy atom. The van der Waals surface area contributed by atoms with Gasteiger partial charge in [0.05, 0.1) is 6.61 Å². The van der Waals surface area contributed by atoms with E-state index in [-0.39, 0.29) is 29.9 Å². The first kappa shape index (κ1) is 20.1. The first-order chi connectivity index (χ1) is 10.6. The quantitative estimate of drug-likeness (QED) is 0.416. The van der Waals surface area contributed by atoms with E-state index in [1.807, 2.05) is 0 Å². The van der Waals surface area contributed by atoms with E-state index in [9.17, 15) is 0 Å². The summed E-state index contributed by atoms with van der Waals surface area (Å²) in [6, 6.07) is 0. The van der Waals surface area contributed by atoms with Gasteiger partial charge in [0.2, 0.25) is 5.89 Å². The van der Waals surface area contributed by atoms with Gasteiger partial charge in [-0.3, -0.25) is 4.99 Å². The minimum Gasteiger partial charge on any atom is -0.381 e. The highest BCUT2D eigenvalue weighted by Gasteiger charge is 2.19. The highest BCUT2D eigenvalue weighted by atomic mass is 127. The first-order valence-corrected chi connectivity index (χ1v) is 7.92. The fraction of sp³-hybridized carbons (Fsp3) is 0.800. The van der Waals surface area contributed by atoms with Gasteiger partial charge in [0.15, 0.2) is 11.8 Å². The van der Waals surface area contributed by atoms with Crippen molar-refractivity contribution < 1.29 is 9.26 Å². The smallest absolute Gasteiger partial charge is 0.228 e. The molecule has 1 fully saturated rings. The molecule has 132 valence electrons. The van der Waals surface area contributed by atoms with Crippen molar-refractivity contribution in [1.29, 1.82) is 0 Å². The number of hydrogen-bond donors (Lipinski definition) is 1. The fourth-order valence-corrected chi connectivity index (χ4v) is 2.47. The van der Waals surface area contributed by atoms with Gasteiger partial charge in [0.1, 0.15) is 0 Å². The highest BCUT2D eigenvalue weighted by Crippen LogP contribution is 2.13. The molecule has 8 heteroatoms. The first-order valence-electron chi connectivity index (χ1n) is 7.92. The van der Waals surface area contributed by atoms with Crippen LogP contribution >= 0.6 is 24.0 Å². The van der Waals surface area contributed by atoms with Crippen molar-refractivity contribution in [1.82, 2.24) is 20.4 Å². The molecule has 1 aliphatic heterocycles. The van der Waals surface area contributed by atoms with Crippen LogP contribution in [0.25, 0.3) is 0 Å². The Bertz CT molecular complexity index is 486. The second kappa shape index (κ2) is 10.1. The van der Waals surface area contributed by atoms with Crippen LogP contribution < -0.4 is 5.32 Å². The molecule has 1 aromatic rings. The third kappa shape index (κ3) is 6.25. The lowest BCUT2D eigenvalue weighted by atomic mass is 10.1. The van der Waals surface area contributed by atoms with Gasteiger partial charge < -0.3 is 19.5 Å². The molecular weight excluding hydrogens is 409 g/mol. The summed E-state index contributed by atoms with van der Waals surface area (Å²) in [6.07, 6.45) is 1.82. The normalized spacial score (nSPS) is 18.1. The number of aromatic nitrogens is 2. The summed E-state index contributed by atoms with van der Waals surface area (Å²) in [5.41, 5.74) is 0. The van der Waals surface area contributed by atoms with Crippen LogP contribution in [-0.4, -0.2) is 61.4 Å². The Hall–Kier alpha value is -0.900. The van der Waals surface area contributed by atoms with Crippen molar-refractivity contribution in [3.05, 3.63) is 11.7 Å². The summed E-state index contributed by atoms with van der Waals surface area (Å²) < 4.78 is 10.7. The number of halogens is 1. The molecule has 2 rings (SSSR count). The molecule has 2 heterocycles. The van der Waals surface area contributed by atoms with Gasteiger partial charge in [0.25, 0.3) is 0 Å². The molecule has 1 N–H and O–H groups in total. The zero-order valence-corrected chi connectivity index (χ0v) is 16.7. The number of nitrogens with one attached hydrogen (secondary N) is 1. The molecule has 1 saturated heterocycles. The lowest BCUT2D eigenvalue weighted by molar-refractivity contribution is 0.181. The van der Waals surface area contributed by atoms with Crippen molar-refractivity contribution in [2.24, 2.45) is 10.9 Å². The average Bonchev–Trinajstić information content (AvgIpc) is 3.14. The molecule has 0 spiro atoms. The molecule has 1 aliphatic rings. The fourth-order valence-electron chi connectivity index (χ4n) is 2.47. The lowest BCUT2D eigenvalue weighted by Crippen LogP contribution is -2.42. The molecule has 0 aliphatic carbocycles. The van der Waals surface area contributed by atoms with E-state index >= 15 is 0 Å². The summed E-state index contributed by atoms with van der Waals surface area (Å²) in [4.78, 5) is 10.8. The van der Waals surface area contributed by atoms with E-state index in [1.165, 1.54) is 0 Å². The molecule has 0 bridgehead atoms. The molecule has 1 atom stereocenters. The largest absolute Gasteiger partial charge is 0.381 e. The van der Waals surface area contributed by atoms with Crippen LogP contribution in [0.2, 0.25) is 0 Å². The SMILES string of the molecule is CN=C(NCCc1nc(C(C)C)no1)N(C)CC1CCOC1.I. The third-order valence-corrected chi connectivity index (χ3v) is 3.75. The van der Waals surface area contributed by atoms with E-state index in [4.69, 9.17) is 9.26 Å². The van der Waals surface area contributed by atoms with Crippen molar-refractivity contribution in [3.63, 3.8) is 0 Å². The zero-order chi connectivity index (χ0) is 15.9. The maximum absolute atomic E-state index is 5.42. The van der Waals surface area contributed by atoms with Crippen molar-refractivity contribution in [2.45, 2.75) is 32.6 Å². The van der Waals surface area contributed by atoms with Crippen LogP contribution in [0.15, 0.2) is 9.52 Å². The summed E-state index contributed by atoms with van der Waals surface area (Å²) in [5.74, 6) is 3.19. The molecule has 0 aromatic carbocycles. The van der Waals surface area contributed by atoms with Gasteiger partial charge in [0, 0.05) is 52.0 Å². The molecule has 0 amide bonds. The molecule has 0 radical (unpaired) electrons. The number of rotatable bonds is 6. The Labute approximate surface area is 155 Å². The minimum atomic E-state index is 0. The van der Waals surface area contributed by atoms with Crippen LogP contribution in [0.5, 0.6) is 0 Å². The predicted molar refractivity (Wildman–Crippen MR) is 100 cm³/mol. The number of aliphatic imine (C=N–C) groups is 1. The summed E-state index contributed by atoms with van der Waals surface area (Å²) in [6.45, 7) is 7.50. The number of hydrogen-bond acceptors (Lipinski definition) is 5. The van der Waals surface area contributed by atoms with Gasteiger partial charge in [-0.05, 0) is 6.42 Å². The summed E-state index contributed by atoms with van der Waals surface area (Å²) in [5, 5.41) is 7.31. The van der Waals surface area contributed by atoms with Crippen molar-refractivity contribution in [3.8, 4) is 0 Å². The predicted octanol–water partition coefficient (Wildman–Crippen LogP) is 1.90. The Kier molecular flexibility index (Phi) is 8.82. The van der Waals surface area contributed by atoms with E-state index in [0.29, 0.717) is 18.2 Å². The second-order valence-electron chi connectivity index (χ2n) is 6.04. The molecule has 7 nitrogen and oxygen atoms in total.